The predicted molar refractivity (Wildman–Crippen MR) is 78.3 cm³/mol. The lowest BCUT2D eigenvalue weighted by Gasteiger charge is -2.28. The number of hydrogen-bond donors (Lipinski definition) is 1. The van der Waals surface area contributed by atoms with Gasteiger partial charge in [0.05, 0.1) is 25.5 Å². The van der Waals surface area contributed by atoms with Crippen LogP contribution < -0.4 is 14.8 Å². The number of rotatable bonds is 7. The third-order valence-corrected chi connectivity index (χ3v) is 3.16. The van der Waals surface area contributed by atoms with Crippen LogP contribution in [0.1, 0.15) is 27.2 Å². The first kappa shape index (κ1) is 15.6. The van der Waals surface area contributed by atoms with Gasteiger partial charge in [0.1, 0.15) is 11.5 Å². The zero-order chi connectivity index (χ0) is 14.5. The molecule has 108 valence electrons. The van der Waals surface area contributed by atoms with Crippen molar-refractivity contribution < 1.29 is 14.2 Å². The van der Waals surface area contributed by atoms with Crippen molar-refractivity contribution in [1.29, 1.82) is 0 Å². The van der Waals surface area contributed by atoms with E-state index in [1.807, 2.05) is 18.2 Å². The zero-order valence-corrected chi connectivity index (χ0v) is 12.7. The SMILES string of the molecule is COc1ccc(OC)c(NC(C)CC(C)(C)OC)c1. The van der Waals surface area contributed by atoms with Crippen LogP contribution in [0, 0.1) is 0 Å². The Balaban J connectivity index is 2.80. The maximum Gasteiger partial charge on any atom is 0.142 e. The summed E-state index contributed by atoms with van der Waals surface area (Å²) >= 11 is 0. The summed E-state index contributed by atoms with van der Waals surface area (Å²) in [6.45, 7) is 6.28. The van der Waals surface area contributed by atoms with E-state index in [9.17, 15) is 0 Å². The van der Waals surface area contributed by atoms with Crippen molar-refractivity contribution in [1.82, 2.24) is 0 Å². The summed E-state index contributed by atoms with van der Waals surface area (Å²) in [4.78, 5) is 0. The second-order valence-corrected chi connectivity index (χ2v) is 5.28. The van der Waals surface area contributed by atoms with Gasteiger partial charge in [0.2, 0.25) is 0 Å². The van der Waals surface area contributed by atoms with Crippen molar-refractivity contribution in [2.24, 2.45) is 0 Å². The number of hydrogen-bond acceptors (Lipinski definition) is 4. The van der Waals surface area contributed by atoms with Crippen LogP contribution in [0.2, 0.25) is 0 Å². The molecule has 1 N–H and O–H groups in total. The fourth-order valence-corrected chi connectivity index (χ4v) is 2.06. The lowest BCUT2D eigenvalue weighted by Crippen LogP contribution is -2.31. The molecule has 0 fully saturated rings. The third kappa shape index (κ3) is 4.63. The van der Waals surface area contributed by atoms with Gasteiger partial charge in [0.25, 0.3) is 0 Å². The molecule has 0 radical (unpaired) electrons. The van der Waals surface area contributed by atoms with Crippen LogP contribution in [0.5, 0.6) is 11.5 Å². The zero-order valence-electron chi connectivity index (χ0n) is 12.7. The summed E-state index contributed by atoms with van der Waals surface area (Å²) in [5.74, 6) is 1.62. The molecule has 4 heteroatoms. The molecule has 0 heterocycles. The van der Waals surface area contributed by atoms with Crippen LogP contribution in [-0.4, -0.2) is 33.0 Å². The fourth-order valence-electron chi connectivity index (χ4n) is 2.06. The Labute approximate surface area is 116 Å². The molecule has 0 saturated heterocycles. The molecule has 0 saturated carbocycles. The van der Waals surface area contributed by atoms with Crippen molar-refractivity contribution in [3.8, 4) is 11.5 Å². The molecule has 0 amide bonds. The summed E-state index contributed by atoms with van der Waals surface area (Å²) in [5.41, 5.74) is 0.777. The minimum absolute atomic E-state index is 0.154. The number of anilines is 1. The summed E-state index contributed by atoms with van der Waals surface area (Å²) < 4.78 is 16.0. The van der Waals surface area contributed by atoms with E-state index in [0.717, 1.165) is 23.6 Å². The van der Waals surface area contributed by atoms with Gasteiger partial charge in [-0.15, -0.1) is 0 Å². The van der Waals surface area contributed by atoms with E-state index < -0.39 is 0 Å². The summed E-state index contributed by atoms with van der Waals surface area (Å²) in [6.07, 6.45) is 0.893. The largest absolute Gasteiger partial charge is 0.497 e. The van der Waals surface area contributed by atoms with E-state index in [4.69, 9.17) is 14.2 Å². The van der Waals surface area contributed by atoms with Crippen LogP contribution in [0.15, 0.2) is 18.2 Å². The number of benzene rings is 1. The highest BCUT2D eigenvalue weighted by atomic mass is 16.5. The molecule has 1 aromatic rings. The Morgan fingerprint density at radius 2 is 1.84 bits per heavy atom. The first-order valence-corrected chi connectivity index (χ1v) is 6.45. The molecular weight excluding hydrogens is 242 g/mol. The van der Waals surface area contributed by atoms with Gasteiger partial charge in [0.15, 0.2) is 0 Å². The normalized spacial score (nSPS) is 12.9. The standard InChI is InChI=1S/C15H25NO3/c1-11(10-15(2,3)19-6)16-13-9-12(17-4)7-8-14(13)18-5/h7-9,11,16H,10H2,1-6H3. The Bertz CT molecular complexity index is 404. The molecule has 19 heavy (non-hydrogen) atoms. The Morgan fingerprint density at radius 3 is 2.37 bits per heavy atom. The average Bonchev–Trinajstić information content (AvgIpc) is 2.37. The minimum Gasteiger partial charge on any atom is -0.497 e. The number of nitrogens with one attached hydrogen (secondary N) is 1. The van der Waals surface area contributed by atoms with Gasteiger partial charge < -0.3 is 19.5 Å². The molecular formula is C15H25NO3. The molecule has 0 aliphatic rings. The Morgan fingerprint density at radius 1 is 1.16 bits per heavy atom. The van der Waals surface area contributed by atoms with Crippen molar-refractivity contribution in [3.63, 3.8) is 0 Å². The third-order valence-electron chi connectivity index (χ3n) is 3.16. The van der Waals surface area contributed by atoms with Gasteiger partial charge in [-0.2, -0.15) is 0 Å². The smallest absolute Gasteiger partial charge is 0.142 e. The van der Waals surface area contributed by atoms with Gasteiger partial charge in [-0.3, -0.25) is 0 Å². The Kier molecular flexibility index (Phi) is 5.48. The monoisotopic (exact) mass is 267 g/mol. The van der Waals surface area contributed by atoms with E-state index in [1.165, 1.54) is 0 Å². The van der Waals surface area contributed by atoms with E-state index in [2.05, 4.69) is 26.1 Å². The average molecular weight is 267 g/mol. The molecule has 4 nitrogen and oxygen atoms in total. The van der Waals surface area contributed by atoms with Gasteiger partial charge in [0, 0.05) is 19.2 Å². The molecule has 1 atom stereocenters. The maximum absolute atomic E-state index is 5.45. The minimum atomic E-state index is -0.154. The molecule has 1 aromatic carbocycles. The highest BCUT2D eigenvalue weighted by Gasteiger charge is 2.20. The first-order chi connectivity index (χ1) is 8.91. The quantitative estimate of drug-likeness (QED) is 0.822. The van der Waals surface area contributed by atoms with Gasteiger partial charge in [-0.1, -0.05) is 0 Å². The summed E-state index contributed by atoms with van der Waals surface area (Å²) in [7, 11) is 5.05. The Hall–Kier alpha value is -1.42. The number of methoxy groups -OCH3 is 3. The van der Waals surface area contributed by atoms with Crippen LogP contribution >= 0.6 is 0 Å². The second kappa shape index (κ2) is 6.66. The summed E-state index contributed by atoms with van der Waals surface area (Å²) in [5, 5.41) is 3.44. The first-order valence-electron chi connectivity index (χ1n) is 6.45. The molecule has 1 rings (SSSR count). The van der Waals surface area contributed by atoms with E-state index >= 15 is 0 Å². The van der Waals surface area contributed by atoms with Gasteiger partial charge >= 0.3 is 0 Å². The van der Waals surface area contributed by atoms with Crippen LogP contribution in [0.3, 0.4) is 0 Å². The van der Waals surface area contributed by atoms with Crippen LogP contribution in [0.25, 0.3) is 0 Å². The predicted octanol–water partition coefficient (Wildman–Crippen LogP) is 3.32. The van der Waals surface area contributed by atoms with E-state index in [1.54, 1.807) is 21.3 Å². The van der Waals surface area contributed by atoms with Crippen molar-refractivity contribution in [3.05, 3.63) is 18.2 Å². The second-order valence-electron chi connectivity index (χ2n) is 5.28. The number of ether oxygens (including phenoxy) is 3. The van der Waals surface area contributed by atoms with Crippen molar-refractivity contribution >= 4 is 5.69 Å². The molecule has 0 spiro atoms. The fraction of sp³-hybridized carbons (Fsp3) is 0.600. The lowest BCUT2D eigenvalue weighted by molar-refractivity contribution is 0.0128. The van der Waals surface area contributed by atoms with Crippen LogP contribution in [-0.2, 0) is 4.74 Å². The molecule has 0 aliphatic heterocycles. The van der Waals surface area contributed by atoms with Crippen molar-refractivity contribution in [2.45, 2.75) is 38.8 Å². The topological polar surface area (TPSA) is 39.7 Å². The van der Waals surface area contributed by atoms with Gasteiger partial charge in [-0.25, -0.2) is 0 Å². The molecule has 0 aromatic heterocycles. The highest BCUT2D eigenvalue weighted by Crippen LogP contribution is 2.30. The molecule has 0 aliphatic carbocycles. The van der Waals surface area contributed by atoms with E-state index in [0.29, 0.717) is 0 Å². The molecule has 1 unspecified atom stereocenters. The lowest BCUT2D eigenvalue weighted by atomic mass is 9.99. The van der Waals surface area contributed by atoms with E-state index in [-0.39, 0.29) is 11.6 Å². The highest BCUT2D eigenvalue weighted by molar-refractivity contribution is 5.60. The maximum atomic E-state index is 5.45. The van der Waals surface area contributed by atoms with Crippen molar-refractivity contribution in [2.75, 3.05) is 26.6 Å². The summed E-state index contributed by atoms with van der Waals surface area (Å²) in [6, 6.07) is 5.98. The van der Waals surface area contributed by atoms with Gasteiger partial charge in [-0.05, 0) is 39.3 Å². The molecule has 0 bridgehead atoms. The van der Waals surface area contributed by atoms with Crippen LogP contribution in [0.4, 0.5) is 5.69 Å².